The van der Waals surface area contributed by atoms with Crippen molar-refractivity contribution in [3.05, 3.63) is 0 Å². The van der Waals surface area contributed by atoms with Crippen LogP contribution in [0, 0.1) is 11.3 Å². The molecule has 19 heavy (non-hydrogen) atoms. The van der Waals surface area contributed by atoms with Crippen LogP contribution in [0.5, 0.6) is 0 Å². The summed E-state index contributed by atoms with van der Waals surface area (Å²) in [5.41, 5.74) is 0.374. The third-order valence-electron chi connectivity index (χ3n) is 4.81. The molecule has 0 N–H and O–H groups in total. The lowest BCUT2D eigenvalue weighted by Gasteiger charge is -2.37. The van der Waals surface area contributed by atoms with Crippen molar-refractivity contribution in [2.75, 3.05) is 11.9 Å². The van der Waals surface area contributed by atoms with E-state index in [0.29, 0.717) is 11.5 Å². The normalized spacial score (nSPS) is 24.6. The van der Waals surface area contributed by atoms with E-state index in [-0.39, 0.29) is 0 Å². The molecular weight excluding hydrogens is 300 g/mol. The van der Waals surface area contributed by atoms with E-state index in [4.69, 9.17) is 4.74 Å². The maximum absolute atomic E-state index is 6.42. The smallest absolute Gasteiger partial charge is 0.0603 e. The second kappa shape index (κ2) is 9.39. The van der Waals surface area contributed by atoms with Gasteiger partial charge in [-0.15, -0.1) is 0 Å². The van der Waals surface area contributed by atoms with E-state index in [9.17, 15) is 0 Å². The van der Waals surface area contributed by atoms with E-state index in [1.165, 1.54) is 57.8 Å². The maximum Gasteiger partial charge on any atom is 0.0603 e. The van der Waals surface area contributed by atoms with Crippen molar-refractivity contribution < 1.29 is 4.74 Å². The Kier molecular flexibility index (Phi) is 8.64. The summed E-state index contributed by atoms with van der Waals surface area (Å²) in [6.45, 7) is 7.87. The molecule has 0 spiro atoms. The highest BCUT2D eigenvalue weighted by atomic mass is 79.9. The molecule has 0 bridgehead atoms. The summed E-state index contributed by atoms with van der Waals surface area (Å²) < 4.78 is 6.42. The van der Waals surface area contributed by atoms with E-state index in [1.807, 2.05) is 0 Å². The first kappa shape index (κ1) is 17.5. The molecule has 1 saturated carbocycles. The third-order valence-corrected chi connectivity index (χ3v) is 6.00. The second-order valence-electron chi connectivity index (χ2n) is 6.44. The molecule has 0 aliphatic heterocycles. The highest BCUT2D eigenvalue weighted by molar-refractivity contribution is 9.09. The minimum atomic E-state index is 0.374. The van der Waals surface area contributed by atoms with Gasteiger partial charge in [-0.05, 0) is 31.6 Å². The number of rotatable bonds is 9. The monoisotopic (exact) mass is 332 g/mol. The summed E-state index contributed by atoms with van der Waals surface area (Å²) >= 11 is 3.75. The average molecular weight is 333 g/mol. The van der Waals surface area contributed by atoms with E-state index in [1.54, 1.807) is 0 Å². The van der Waals surface area contributed by atoms with Crippen LogP contribution in [0.15, 0.2) is 0 Å². The van der Waals surface area contributed by atoms with E-state index < -0.39 is 0 Å². The minimum Gasteiger partial charge on any atom is -0.377 e. The van der Waals surface area contributed by atoms with Crippen molar-refractivity contribution in [2.24, 2.45) is 11.3 Å². The fourth-order valence-corrected chi connectivity index (χ4v) is 4.37. The Bertz CT molecular complexity index is 223. The fourth-order valence-electron chi connectivity index (χ4n) is 3.65. The van der Waals surface area contributed by atoms with E-state index in [0.717, 1.165) is 17.9 Å². The summed E-state index contributed by atoms with van der Waals surface area (Å²) in [7, 11) is 0. The second-order valence-corrected chi connectivity index (χ2v) is 7.00. The van der Waals surface area contributed by atoms with Crippen molar-refractivity contribution in [3.63, 3.8) is 0 Å². The molecule has 1 aliphatic rings. The van der Waals surface area contributed by atoms with Gasteiger partial charge in [-0.3, -0.25) is 0 Å². The zero-order chi connectivity index (χ0) is 14.1. The summed E-state index contributed by atoms with van der Waals surface area (Å²) in [6, 6.07) is 0. The molecular formula is C17H33BrO. The average Bonchev–Trinajstić information content (AvgIpc) is 2.45. The molecule has 1 nitrogen and oxygen atoms in total. The van der Waals surface area contributed by atoms with Gasteiger partial charge in [0.25, 0.3) is 0 Å². The van der Waals surface area contributed by atoms with Gasteiger partial charge in [-0.2, -0.15) is 0 Å². The number of hydrogen-bond acceptors (Lipinski definition) is 1. The Hall–Kier alpha value is 0.440. The fraction of sp³-hybridized carbons (Fsp3) is 1.00. The Labute approximate surface area is 129 Å². The van der Waals surface area contributed by atoms with E-state index in [2.05, 4.69) is 36.7 Å². The lowest BCUT2D eigenvalue weighted by atomic mass is 9.81. The predicted octanol–water partition coefficient (Wildman–Crippen LogP) is 5.95. The molecule has 2 atom stereocenters. The van der Waals surface area contributed by atoms with Crippen LogP contribution in [0.1, 0.15) is 78.6 Å². The van der Waals surface area contributed by atoms with Gasteiger partial charge in [0.2, 0.25) is 0 Å². The van der Waals surface area contributed by atoms with Crippen LogP contribution in [0.3, 0.4) is 0 Å². The molecule has 0 aromatic carbocycles. The first-order valence-electron chi connectivity index (χ1n) is 8.39. The van der Waals surface area contributed by atoms with Crippen LogP contribution in [0.2, 0.25) is 0 Å². The topological polar surface area (TPSA) is 9.23 Å². The van der Waals surface area contributed by atoms with Gasteiger partial charge in [0.1, 0.15) is 0 Å². The van der Waals surface area contributed by atoms with Gasteiger partial charge >= 0.3 is 0 Å². The molecule has 0 amide bonds. The van der Waals surface area contributed by atoms with Gasteiger partial charge in [0.05, 0.1) is 12.7 Å². The Morgan fingerprint density at radius 1 is 1.05 bits per heavy atom. The molecule has 2 unspecified atom stereocenters. The molecule has 1 rings (SSSR count). The largest absolute Gasteiger partial charge is 0.377 e. The number of ether oxygens (including phenoxy) is 1. The van der Waals surface area contributed by atoms with Crippen LogP contribution >= 0.6 is 15.9 Å². The van der Waals surface area contributed by atoms with Crippen LogP contribution in [0.4, 0.5) is 0 Å². The highest BCUT2D eigenvalue weighted by Gasteiger charge is 2.31. The van der Waals surface area contributed by atoms with Crippen molar-refractivity contribution in [2.45, 2.75) is 84.7 Å². The Morgan fingerprint density at radius 3 is 2.21 bits per heavy atom. The molecule has 1 aliphatic carbocycles. The van der Waals surface area contributed by atoms with Crippen molar-refractivity contribution in [1.82, 2.24) is 0 Å². The van der Waals surface area contributed by atoms with Gasteiger partial charge in [0.15, 0.2) is 0 Å². The predicted molar refractivity (Wildman–Crippen MR) is 88.0 cm³/mol. The lowest BCUT2D eigenvalue weighted by Crippen LogP contribution is -2.35. The van der Waals surface area contributed by atoms with Gasteiger partial charge in [-0.25, -0.2) is 0 Å². The van der Waals surface area contributed by atoms with Crippen LogP contribution < -0.4 is 0 Å². The minimum absolute atomic E-state index is 0.374. The maximum atomic E-state index is 6.42. The van der Waals surface area contributed by atoms with Crippen molar-refractivity contribution in [3.8, 4) is 0 Å². The molecule has 0 aromatic heterocycles. The Morgan fingerprint density at radius 2 is 1.68 bits per heavy atom. The Balaban J connectivity index is 2.53. The summed E-state index contributed by atoms with van der Waals surface area (Å²) in [5, 5.41) is 1.09. The van der Waals surface area contributed by atoms with Crippen LogP contribution in [0.25, 0.3) is 0 Å². The SMILES string of the molecule is CCCC(CBr)(CCC)COC1CCCCC1CC. The first-order chi connectivity index (χ1) is 9.21. The standard InChI is InChI=1S/C17H33BrO/c1-4-11-17(13-18,12-5-2)14-19-16-10-8-7-9-15(16)6-3/h15-16H,4-14H2,1-3H3. The highest BCUT2D eigenvalue weighted by Crippen LogP contribution is 2.35. The summed E-state index contributed by atoms with van der Waals surface area (Å²) in [4.78, 5) is 0. The van der Waals surface area contributed by atoms with Gasteiger partial charge < -0.3 is 4.74 Å². The van der Waals surface area contributed by atoms with Crippen molar-refractivity contribution in [1.29, 1.82) is 0 Å². The zero-order valence-corrected chi connectivity index (χ0v) is 14.8. The van der Waals surface area contributed by atoms with Crippen molar-refractivity contribution >= 4 is 15.9 Å². The number of hydrogen-bond donors (Lipinski definition) is 0. The van der Waals surface area contributed by atoms with E-state index >= 15 is 0 Å². The number of alkyl halides is 1. The molecule has 0 saturated heterocycles. The van der Waals surface area contributed by atoms with Gasteiger partial charge in [-0.1, -0.05) is 68.8 Å². The molecule has 2 heteroatoms. The third kappa shape index (κ3) is 5.38. The molecule has 0 heterocycles. The molecule has 114 valence electrons. The molecule has 1 fully saturated rings. The quantitative estimate of drug-likeness (QED) is 0.474. The number of halogens is 1. The van der Waals surface area contributed by atoms with Crippen LogP contribution in [-0.2, 0) is 4.74 Å². The molecule has 0 aromatic rings. The summed E-state index contributed by atoms with van der Waals surface area (Å²) in [6.07, 6.45) is 12.4. The van der Waals surface area contributed by atoms with Gasteiger partial charge in [0, 0.05) is 10.7 Å². The lowest BCUT2D eigenvalue weighted by molar-refractivity contribution is -0.0526. The first-order valence-corrected chi connectivity index (χ1v) is 9.51. The zero-order valence-electron chi connectivity index (χ0n) is 13.2. The summed E-state index contributed by atoms with van der Waals surface area (Å²) in [5.74, 6) is 0.810. The van der Waals surface area contributed by atoms with Crippen LogP contribution in [-0.4, -0.2) is 18.0 Å². The molecule has 0 radical (unpaired) electrons.